The van der Waals surface area contributed by atoms with Crippen LogP contribution in [0.15, 0.2) is 78.9 Å². The van der Waals surface area contributed by atoms with Crippen molar-refractivity contribution >= 4 is 23.8 Å². The number of benzene rings is 3. The topological polar surface area (TPSA) is 35.2 Å². The van der Waals surface area contributed by atoms with Gasteiger partial charge in [-0.25, -0.2) is 4.68 Å². The fourth-order valence-corrected chi connectivity index (χ4v) is 3.86. The summed E-state index contributed by atoms with van der Waals surface area (Å²) in [6, 6.07) is 25.8. The van der Waals surface area contributed by atoms with Crippen LogP contribution < -0.4 is 4.74 Å². The van der Waals surface area contributed by atoms with Gasteiger partial charge in [-0.05, 0) is 61.2 Å². The Morgan fingerprint density at radius 1 is 1.00 bits per heavy atom. The molecular formula is C24H23ClN4OS. The lowest BCUT2D eigenvalue weighted by atomic mass is 10.2. The highest BCUT2D eigenvalue weighted by Crippen LogP contribution is 2.26. The molecule has 4 aromatic rings. The van der Waals surface area contributed by atoms with Crippen LogP contribution >= 0.6 is 23.8 Å². The Hall–Kier alpha value is -2.93. The molecule has 7 heteroatoms. The van der Waals surface area contributed by atoms with E-state index in [0.717, 1.165) is 29.4 Å². The van der Waals surface area contributed by atoms with E-state index in [1.165, 1.54) is 5.56 Å². The van der Waals surface area contributed by atoms with Crippen LogP contribution in [0.1, 0.15) is 5.56 Å². The van der Waals surface area contributed by atoms with Crippen molar-refractivity contribution in [1.29, 1.82) is 0 Å². The van der Waals surface area contributed by atoms with Gasteiger partial charge in [0.05, 0.1) is 19.5 Å². The van der Waals surface area contributed by atoms with Crippen LogP contribution in [0.4, 0.5) is 0 Å². The molecule has 0 atom stereocenters. The summed E-state index contributed by atoms with van der Waals surface area (Å²) in [5, 5.41) is 5.56. The van der Waals surface area contributed by atoms with Gasteiger partial charge in [-0.3, -0.25) is 9.47 Å². The normalized spacial score (nSPS) is 11.1. The molecule has 0 aliphatic carbocycles. The van der Waals surface area contributed by atoms with Gasteiger partial charge in [-0.15, -0.1) is 5.10 Å². The van der Waals surface area contributed by atoms with Gasteiger partial charge in [-0.2, -0.15) is 0 Å². The van der Waals surface area contributed by atoms with E-state index in [1.807, 2.05) is 76.0 Å². The molecule has 0 bridgehead atoms. The lowest BCUT2D eigenvalue weighted by molar-refractivity contribution is 0.244. The zero-order valence-electron chi connectivity index (χ0n) is 17.4. The lowest BCUT2D eigenvalue weighted by Gasteiger charge is -2.16. The largest absolute Gasteiger partial charge is 0.497 e. The Morgan fingerprint density at radius 2 is 1.74 bits per heavy atom. The number of methoxy groups -OCH3 is 1. The molecule has 0 spiro atoms. The average molecular weight is 451 g/mol. The molecular weight excluding hydrogens is 428 g/mol. The van der Waals surface area contributed by atoms with Crippen molar-refractivity contribution in [2.45, 2.75) is 13.2 Å². The van der Waals surface area contributed by atoms with Gasteiger partial charge in [0.15, 0.2) is 5.82 Å². The monoisotopic (exact) mass is 450 g/mol. The van der Waals surface area contributed by atoms with Crippen molar-refractivity contribution in [3.63, 3.8) is 0 Å². The summed E-state index contributed by atoms with van der Waals surface area (Å²) in [5.74, 6) is 1.51. The minimum Gasteiger partial charge on any atom is -0.497 e. The molecule has 0 amide bonds. The highest BCUT2D eigenvalue weighted by atomic mass is 35.5. The summed E-state index contributed by atoms with van der Waals surface area (Å²) >= 11 is 12.0. The first-order valence-corrected chi connectivity index (χ1v) is 10.7. The Labute approximate surface area is 192 Å². The number of nitrogens with zero attached hydrogens (tertiary/aromatic N) is 4. The van der Waals surface area contributed by atoms with Crippen LogP contribution in [0.5, 0.6) is 5.75 Å². The molecule has 4 rings (SSSR count). The van der Waals surface area contributed by atoms with E-state index in [9.17, 15) is 0 Å². The zero-order chi connectivity index (χ0) is 21.8. The Morgan fingerprint density at radius 3 is 2.45 bits per heavy atom. The van der Waals surface area contributed by atoms with E-state index in [1.54, 1.807) is 7.11 Å². The fourth-order valence-electron chi connectivity index (χ4n) is 3.45. The number of hydrogen-bond donors (Lipinski definition) is 0. The van der Waals surface area contributed by atoms with Crippen molar-refractivity contribution in [2.24, 2.45) is 0 Å². The minimum atomic E-state index is 0.561. The number of halogens is 1. The van der Waals surface area contributed by atoms with Gasteiger partial charge >= 0.3 is 0 Å². The lowest BCUT2D eigenvalue weighted by Crippen LogP contribution is -2.22. The maximum absolute atomic E-state index is 6.11. The highest BCUT2D eigenvalue weighted by molar-refractivity contribution is 7.71. The molecule has 0 radical (unpaired) electrons. The molecule has 0 unspecified atom stereocenters. The summed E-state index contributed by atoms with van der Waals surface area (Å²) in [6.45, 7) is 1.36. The standard InChI is InChI=1S/C24H23ClN4OS/c1-27(16-18-7-4-3-5-8-18)17-28-24(31)29(21-13-11-20(25)12-14-21)23(26-28)19-9-6-10-22(15-19)30-2/h3-15H,16-17H2,1-2H3. The van der Waals surface area contributed by atoms with Crippen LogP contribution in [0.25, 0.3) is 17.1 Å². The zero-order valence-corrected chi connectivity index (χ0v) is 19.0. The molecule has 1 aromatic heterocycles. The second-order valence-corrected chi connectivity index (χ2v) is 8.09. The predicted octanol–water partition coefficient (Wildman–Crippen LogP) is 5.82. The highest BCUT2D eigenvalue weighted by Gasteiger charge is 2.16. The van der Waals surface area contributed by atoms with Gasteiger partial charge in [0, 0.05) is 17.1 Å². The van der Waals surface area contributed by atoms with Crippen molar-refractivity contribution in [1.82, 2.24) is 19.2 Å². The number of rotatable bonds is 7. The summed E-state index contributed by atoms with van der Waals surface area (Å²) in [6.07, 6.45) is 0. The number of ether oxygens (including phenoxy) is 1. The van der Waals surface area contributed by atoms with E-state index in [0.29, 0.717) is 16.5 Å². The average Bonchev–Trinajstić information content (AvgIpc) is 3.11. The summed E-state index contributed by atoms with van der Waals surface area (Å²) in [5.41, 5.74) is 3.07. The second kappa shape index (κ2) is 9.47. The number of aromatic nitrogens is 3. The Kier molecular flexibility index (Phi) is 6.51. The SMILES string of the molecule is COc1cccc(-c2nn(CN(C)Cc3ccccc3)c(=S)n2-c2ccc(Cl)cc2)c1. The Bertz CT molecular complexity index is 1220. The summed E-state index contributed by atoms with van der Waals surface area (Å²) in [4.78, 5) is 2.18. The van der Waals surface area contributed by atoms with E-state index >= 15 is 0 Å². The minimum absolute atomic E-state index is 0.561. The first-order valence-electron chi connectivity index (χ1n) is 9.88. The van der Waals surface area contributed by atoms with Gasteiger partial charge in [0.2, 0.25) is 4.77 Å². The molecule has 0 saturated carbocycles. The maximum Gasteiger partial charge on any atom is 0.204 e. The fraction of sp³-hybridized carbons (Fsp3) is 0.167. The van der Waals surface area contributed by atoms with E-state index in [2.05, 4.69) is 24.1 Å². The van der Waals surface area contributed by atoms with Gasteiger partial charge in [0.25, 0.3) is 0 Å². The third-order valence-electron chi connectivity index (χ3n) is 4.92. The second-order valence-electron chi connectivity index (χ2n) is 7.29. The first-order chi connectivity index (χ1) is 15.0. The Balaban J connectivity index is 1.74. The van der Waals surface area contributed by atoms with Crippen LogP contribution in [0.3, 0.4) is 0 Å². The van der Waals surface area contributed by atoms with Crippen molar-refractivity contribution in [2.75, 3.05) is 14.2 Å². The van der Waals surface area contributed by atoms with E-state index in [-0.39, 0.29) is 0 Å². The molecule has 0 saturated heterocycles. The van der Waals surface area contributed by atoms with Crippen molar-refractivity contribution in [3.8, 4) is 22.8 Å². The third kappa shape index (κ3) is 4.88. The first kappa shape index (κ1) is 21.3. The molecule has 31 heavy (non-hydrogen) atoms. The quantitative estimate of drug-likeness (QED) is 0.332. The predicted molar refractivity (Wildman–Crippen MR) is 127 cm³/mol. The van der Waals surface area contributed by atoms with E-state index < -0.39 is 0 Å². The molecule has 1 heterocycles. The van der Waals surface area contributed by atoms with Crippen LogP contribution in [-0.2, 0) is 13.2 Å². The van der Waals surface area contributed by atoms with Crippen LogP contribution in [-0.4, -0.2) is 33.4 Å². The van der Waals surface area contributed by atoms with Gasteiger partial charge in [0.1, 0.15) is 5.75 Å². The number of hydrogen-bond acceptors (Lipinski definition) is 4. The molecule has 3 aromatic carbocycles. The maximum atomic E-state index is 6.11. The van der Waals surface area contributed by atoms with Crippen LogP contribution in [0, 0.1) is 4.77 Å². The molecule has 158 valence electrons. The van der Waals surface area contributed by atoms with E-state index in [4.69, 9.17) is 33.7 Å². The molecule has 5 nitrogen and oxygen atoms in total. The smallest absolute Gasteiger partial charge is 0.204 e. The molecule has 0 fully saturated rings. The summed E-state index contributed by atoms with van der Waals surface area (Å²) < 4.78 is 9.84. The van der Waals surface area contributed by atoms with Gasteiger partial charge < -0.3 is 4.74 Å². The van der Waals surface area contributed by atoms with Gasteiger partial charge in [-0.1, -0.05) is 54.1 Å². The van der Waals surface area contributed by atoms with Crippen LogP contribution in [0.2, 0.25) is 5.02 Å². The molecule has 0 aliphatic rings. The molecule has 0 N–H and O–H groups in total. The van der Waals surface area contributed by atoms with Crippen molar-refractivity contribution in [3.05, 3.63) is 94.2 Å². The van der Waals surface area contributed by atoms with Crippen molar-refractivity contribution < 1.29 is 4.74 Å². The molecule has 0 aliphatic heterocycles. The summed E-state index contributed by atoms with van der Waals surface area (Å²) in [7, 11) is 3.71. The third-order valence-corrected chi connectivity index (χ3v) is 5.57.